The van der Waals surface area contributed by atoms with Gasteiger partial charge in [0.1, 0.15) is 11.5 Å². The van der Waals surface area contributed by atoms with Gasteiger partial charge in [-0.2, -0.15) is 0 Å². The van der Waals surface area contributed by atoms with Gasteiger partial charge in [0.25, 0.3) is 0 Å². The van der Waals surface area contributed by atoms with Gasteiger partial charge in [-0.3, -0.25) is 9.98 Å². The molecule has 2 atom stereocenters. The SMILES string of the molecule is COC[C@@H](N=Cc1cccc(C(C)(C)C)c1O)[C@@H](COC)N=Cc1cccc(C(C)(C)C)c1O. The third-order valence-electron chi connectivity index (χ3n) is 5.68. The molecule has 0 amide bonds. The van der Waals surface area contributed by atoms with Gasteiger partial charge in [0, 0.05) is 37.8 Å². The molecule has 0 fully saturated rings. The normalized spacial score (nSPS) is 14.7. The minimum absolute atomic E-state index is 0.188. The predicted molar refractivity (Wildman–Crippen MR) is 140 cm³/mol. The number of rotatable bonds is 9. The Morgan fingerprint density at radius 2 is 1.06 bits per heavy atom. The summed E-state index contributed by atoms with van der Waals surface area (Å²) in [5.74, 6) is 0.455. The zero-order valence-corrected chi connectivity index (χ0v) is 21.8. The maximum Gasteiger partial charge on any atom is 0.128 e. The van der Waals surface area contributed by atoms with Gasteiger partial charge < -0.3 is 19.7 Å². The van der Waals surface area contributed by atoms with E-state index < -0.39 is 0 Å². The number of methoxy groups -OCH3 is 2. The molecule has 34 heavy (non-hydrogen) atoms. The number of hydrogen-bond acceptors (Lipinski definition) is 6. The van der Waals surface area contributed by atoms with Crippen molar-refractivity contribution < 1.29 is 19.7 Å². The number of para-hydroxylation sites is 2. The summed E-state index contributed by atoms with van der Waals surface area (Å²) in [5.41, 5.74) is 2.63. The molecule has 0 saturated carbocycles. The van der Waals surface area contributed by atoms with Gasteiger partial charge in [-0.15, -0.1) is 0 Å². The zero-order valence-electron chi connectivity index (χ0n) is 21.8. The van der Waals surface area contributed by atoms with E-state index >= 15 is 0 Å². The minimum Gasteiger partial charge on any atom is -0.507 e. The third kappa shape index (κ3) is 7.15. The molecule has 0 heterocycles. The van der Waals surface area contributed by atoms with Crippen LogP contribution in [0.4, 0.5) is 0 Å². The predicted octanol–water partition coefficient (Wildman–Crippen LogP) is 5.26. The van der Waals surface area contributed by atoms with Crippen LogP contribution in [-0.4, -0.2) is 62.2 Å². The summed E-state index contributed by atoms with van der Waals surface area (Å²) < 4.78 is 10.8. The Kier molecular flexibility index (Phi) is 9.42. The Morgan fingerprint density at radius 1 is 0.706 bits per heavy atom. The maximum absolute atomic E-state index is 10.8. The molecular weight excluding hydrogens is 428 g/mol. The van der Waals surface area contributed by atoms with Crippen molar-refractivity contribution in [3.05, 3.63) is 58.7 Å². The van der Waals surface area contributed by atoms with Gasteiger partial charge in [0.15, 0.2) is 0 Å². The number of phenols is 2. The third-order valence-corrected chi connectivity index (χ3v) is 5.68. The van der Waals surface area contributed by atoms with Gasteiger partial charge in [-0.05, 0) is 34.1 Å². The monoisotopic (exact) mass is 468 g/mol. The second-order valence-electron chi connectivity index (χ2n) is 10.6. The molecule has 186 valence electrons. The van der Waals surface area contributed by atoms with Crippen LogP contribution in [0.2, 0.25) is 0 Å². The number of phenolic OH excluding ortho intramolecular Hbond substituents is 2. The standard InChI is InChI=1S/C28H40N2O4/c1-27(2,3)21-13-9-11-19(25(21)31)15-29-23(17-33-7)24(18-34-8)30-16-20-12-10-14-22(26(20)32)28(4,5)6/h9-16,23-24,31-32H,17-18H2,1-8H3/t23-,24-/m1/s1. The van der Waals surface area contributed by atoms with E-state index in [1.54, 1.807) is 26.6 Å². The van der Waals surface area contributed by atoms with Crippen LogP contribution in [0.5, 0.6) is 11.5 Å². The summed E-state index contributed by atoms with van der Waals surface area (Å²) in [6, 6.07) is 10.7. The first-order valence-electron chi connectivity index (χ1n) is 11.6. The van der Waals surface area contributed by atoms with Crippen molar-refractivity contribution >= 4 is 12.4 Å². The van der Waals surface area contributed by atoms with Gasteiger partial charge in [-0.1, -0.05) is 65.8 Å². The zero-order chi connectivity index (χ0) is 25.5. The molecule has 2 rings (SSSR count). The molecule has 0 aliphatic carbocycles. The van der Waals surface area contributed by atoms with Crippen LogP contribution in [0.1, 0.15) is 63.8 Å². The molecular formula is C28H40N2O4. The molecule has 2 N–H and O–H groups in total. The molecule has 0 saturated heterocycles. The van der Waals surface area contributed by atoms with Crippen molar-refractivity contribution in [2.24, 2.45) is 9.98 Å². The summed E-state index contributed by atoms with van der Waals surface area (Å²) in [7, 11) is 3.23. The lowest BCUT2D eigenvalue weighted by Crippen LogP contribution is -2.31. The van der Waals surface area contributed by atoms with E-state index in [2.05, 4.69) is 41.5 Å². The number of hydrogen-bond donors (Lipinski definition) is 2. The highest BCUT2D eigenvalue weighted by Gasteiger charge is 2.23. The van der Waals surface area contributed by atoms with Crippen LogP contribution >= 0.6 is 0 Å². The molecule has 0 aromatic heterocycles. The quantitative estimate of drug-likeness (QED) is 0.492. The molecule has 0 aliphatic heterocycles. The van der Waals surface area contributed by atoms with Crippen molar-refractivity contribution in [3.63, 3.8) is 0 Å². The first-order chi connectivity index (χ1) is 15.9. The van der Waals surface area contributed by atoms with Crippen LogP contribution in [0, 0.1) is 0 Å². The summed E-state index contributed by atoms with van der Waals surface area (Å²) in [6.45, 7) is 13.0. The molecule has 2 aromatic carbocycles. The summed E-state index contributed by atoms with van der Waals surface area (Å²) in [6.07, 6.45) is 3.34. The van der Waals surface area contributed by atoms with E-state index in [0.29, 0.717) is 24.3 Å². The molecule has 0 spiro atoms. The Balaban J connectivity index is 2.37. The first kappa shape index (κ1) is 27.5. The number of aliphatic imine (C=N–C) groups is 2. The van der Waals surface area contributed by atoms with E-state index in [1.165, 1.54) is 0 Å². The molecule has 0 aliphatic rings. The molecule has 0 bridgehead atoms. The van der Waals surface area contributed by atoms with Crippen LogP contribution in [0.25, 0.3) is 0 Å². The summed E-state index contributed by atoms with van der Waals surface area (Å²) >= 11 is 0. The topological polar surface area (TPSA) is 83.6 Å². The summed E-state index contributed by atoms with van der Waals surface area (Å²) in [4.78, 5) is 9.42. The Bertz CT molecular complexity index is 919. The van der Waals surface area contributed by atoms with E-state index in [1.807, 2.05) is 36.4 Å². The van der Waals surface area contributed by atoms with E-state index in [9.17, 15) is 10.2 Å². The highest BCUT2D eigenvalue weighted by Crippen LogP contribution is 2.33. The van der Waals surface area contributed by atoms with Crippen LogP contribution < -0.4 is 0 Å². The fraction of sp³-hybridized carbons (Fsp3) is 0.500. The number of ether oxygens (including phenoxy) is 2. The molecule has 2 aromatic rings. The molecule has 6 heteroatoms. The lowest BCUT2D eigenvalue weighted by molar-refractivity contribution is 0.132. The minimum atomic E-state index is -0.341. The number of aromatic hydroxyl groups is 2. The van der Waals surface area contributed by atoms with Gasteiger partial charge in [0.2, 0.25) is 0 Å². The van der Waals surface area contributed by atoms with Crippen molar-refractivity contribution in [1.29, 1.82) is 0 Å². The molecule has 0 radical (unpaired) electrons. The van der Waals surface area contributed by atoms with Crippen molar-refractivity contribution in [3.8, 4) is 11.5 Å². The highest BCUT2D eigenvalue weighted by atomic mass is 16.5. The Morgan fingerprint density at radius 3 is 1.35 bits per heavy atom. The van der Waals surface area contributed by atoms with Gasteiger partial charge >= 0.3 is 0 Å². The average molecular weight is 469 g/mol. The van der Waals surface area contributed by atoms with Crippen LogP contribution in [0.15, 0.2) is 46.4 Å². The Hall–Kier alpha value is -2.70. The maximum atomic E-state index is 10.8. The number of nitrogens with zero attached hydrogens (tertiary/aromatic N) is 2. The van der Waals surface area contributed by atoms with Crippen molar-refractivity contribution in [1.82, 2.24) is 0 Å². The number of benzene rings is 2. The average Bonchev–Trinajstić information content (AvgIpc) is 2.74. The second kappa shape index (κ2) is 11.6. The molecule has 6 nitrogen and oxygen atoms in total. The fourth-order valence-corrected chi connectivity index (χ4v) is 3.74. The largest absolute Gasteiger partial charge is 0.507 e. The lowest BCUT2D eigenvalue weighted by atomic mass is 9.85. The van der Waals surface area contributed by atoms with Gasteiger partial charge in [-0.25, -0.2) is 0 Å². The van der Waals surface area contributed by atoms with Crippen LogP contribution in [0.3, 0.4) is 0 Å². The summed E-state index contributed by atoms with van der Waals surface area (Å²) in [5, 5.41) is 21.6. The molecule has 0 unspecified atom stereocenters. The fourth-order valence-electron chi connectivity index (χ4n) is 3.74. The van der Waals surface area contributed by atoms with Crippen molar-refractivity contribution in [2.45, 2.75) is 64.5 Å². The Labute approximate surface area is 204 Å². The van der Waals surface area contributed by atoms with E-state index in [0.717, 1.165) is 11.1 Å². The second-order valence-corrected chi connectivity index (χ2v) is 10.6. The smallest absolute Gasteiger partial charge is 0.128 e. The van der Waals surface area contributed by atoms with E-state index in [-0.39, 0.29) is 34.4 Å². The first-order valence-corrected chi connectivity index (χ1v) is 11.6. The lowest BCUT2D eigenvalue weighted by Gasteiger charge is -2.22. The van der Waals surface area contributed by atoms with Gasteiger partial charge in [0.05, 0.1) is 25.3 Å². The van der Waals surface area contributed by atoms with Crippen LogP contribution in [-0.2, 0) is 20.3 Å². The van der Waals surface area contributed by atoms with E-state index in [4.69, 9.17) is 19.5 Å². The van der Waals surface area contributed by atoms with Crippen molar-refractivity contribution in [2.75, 3.05) is 27.4 Å². The highest BCUT2D eigenvalue weighted by molar-refractivity contribution is 5.85.